The fourth-order valence-electron chi connectivity index (χ4n) is 7.08. The number of aryl methyl sites for hydroxylation is 1. The molecular weight excluding hydrogens is 632 g/mol. The van der Waals surface area contributed by atoms with Gasteiger partial charge in [-0.25, -0.2) is 9.88 Å². The van der Waals surface area contributed by atoms with E-state index in [2.05, 4.69) is 30.9 Å². The maximum absolute atomic E-state index is 14.0. The highest BCUT2D eigenvalue weighted by atomic mass is 16.2. The Labute approximate surface area is 291 Å². The Bertz CT molecular complexity index is 1760. The number of hydrogen-bond acceptors (Lipinski definition) is 10. The Morgan fingerprint density at radius 2 is 1.58 bits per heavy atom. The summed E-state index contributed by atoms with van der Waals surface area (Å²) in [5.74, 6) is -0.359. The third kappa shape index (κ3) is 8.12. The molecule has 13 heteroatoms. The van der Waals surface area contributed by atoms with Gasteiger partial charge in [-0.15, -0.1) is 10.2 Å². The van der Waals surface area contributed by atoms with E-state index in [-0.39, 0.29) is 36.2 Å². The van der Waals surface area contributed by atoms with Crippen LogP contribution in [0.3, 0.4) is 0 Å². The van der Waals surface area contributed by atoms with Crippen LogP contribution < -0.4 is 27.4 Å². The van der Waals surface area contributed by atoms with Crippen LogP contribution in [0.5, 0.6) is 0 Å². The van der Waals surface area contributed by atoms with Crippen molar-refractivity contribution in [1.29, 1.82) is 0 Å². The number of carbonyl (C=O) groups excluding carboxylic acids is 3. The summed E-state index contributed by atoms with van der Waals surface area (Å²) in [4.78, 5) is 46.7. The lowest BCUT2D eigenvalue weighted by molar-refractivity contribution is -0.130. The second-order valence-corrected chi connectivity index (χ2v) is 13.7. The van der Waals surface area contributed by atoms with Crippen LogP contribution in [0.2, 0.25) is 0 Å². The van der Waals surface area contributed by atoms with Crippen LogP contribution in [0.4, 0.5) is 5.69 Å². The molecule has 262 valence electrons. The number of nitrogens with zero attached hydrogens (tertiary/aromatic N) is 5. The molecule has 2 fully saturated rings. The van der Waals surface area contributed by atoms with Gasteiger partial charge < -0.3 is 22.5 Å². The molecule has 0 spiro atoms. The van der Waals surface area contributed by atoms with Crippen LogP contribution in [-0.4, -0.2) is 68.0 Å². The topological polar surface area (TPSA) is 212 Å². The molecular formula is C37H46N10O3. The van der Waals surface area contributed by atoms with Crippen molar-refractivity contribution in [2.45, 2.75) is 82.8 Å². The van der Waals surface area contributed by atoms with E-state index in [9.17, 15) is 14.4 Å². The van der Waals surface area contributed by atoms with Crippen LogP contribution in [0.15, 0.2) is 60.7 Å². The number of aromatic nitrogens is 5. The summed E-state index contributed by atoms with van der Waals surface area (Å²) in [5, 5.41) is 17.2. The molecule has 3 amide bonds. The lowest BCUT2D eigenvalue weighted by atomic mass is 9.81. The summed E-state index contributed by atoms with van der Waals surface area (Å²) in [6.45, 7) is 2.48. The van der Waals surface area contributed by atoms with Gasteiger partial charge in [0.15, 0.2) is 0 Å². The number of benzene rings is 2. The van der Waals surface area contributed by atoms with Crippen molar-refractivity contribution in [2.24, 2.45) is 29.0 Å². The van der Waals surface area contributed by atoms with Gasteiger partial charge in [-0.2, -0.15) is 5.21 Å². The number of amides is 3. The zero-order chi connectivity index (χ0) is 35.2. The molecule has 2 aromatic carbocycles. The molecule has 2 heterocycles. The maximum Gasteiger partial charge on any atom is 0.270 e. The molecule has 13 nitrogen and oxygen atoms in total. The number of H-pyrrole nitrogens is 1. The lowest BCUT2D eigenvalue weighted by Crippen LogP contribution is -2.50. The van der Waals surface area contributed by atoms with Gasteiger partial charge in [0.25, 0.3) is 11.8 Å². The van der Waals surface area contributed by atoms with E-state index in [1.807, 2.05) is 37.3 Å². The Morgan fingerprint density at radius 1 is 0.900 bits per heavy atom. The first kappa shape index (κ1) is 35.0. The monoisotopic (exact) mass is 678 g/mol. The minimum atomic E-state index is -0.955. The average Bonchev–Trinajstić information content (AvgIpc) is 3.69. The average molecular weight is 679 g/mol. The normalized spacial score (nSPS) is 21.3. The minimum Gasteiger partial charge on any atom is -0.348 e. The van der Waals surface area contributed by atoms with Gasteiger partial charge in [-0.05, 0) is 124 Å². The van der Waals surface area contributed by atoms with Crippen LogP contribution in [0, 0.1) is 18.8 Å². The van der Waals surface area contributed by atoms with E-state index in [1.165, 1.54) is 4.90 Å². The fourth-order valence-corrected chi connectivity index (χ4v) is 7.08. The number of tetrazole rings is 1. The van der Waals surface area contributed by atoms with Crippen molar-refractivity contribution in [2.75, 3.05) is 11.4 Å². The van der Waals surface area contributed by atoms with Gasteiger partial charge in [0, 0.05) is 34.8 Å². The third-order valence-electron chi connectivity index (χ3n) is 10.2. The van der Waals surface area contributed by atoms with E-state index in [0.29, 0.717) is 48.1 Å². The van der Waals surface area contributed by atoms with Crippen molar-refractivity contribution in [3.05, 3.63) is 77.6 Å². The van der Waals surface area contributed by atoms with Crippen molar-refractivity contribution in [3.63, 3.8) is 0 Å². The third-order valence-corrected chi connectivity index (χ3v) is 10.2. The van der Waals surface area contributed by atoms with E-state index in [4.69, 9.17) is 17.2 Å². The fraction of sp³-hybridized carbons (Fsp3) is 0.432. The molecule has 0 unspecified atom stereocenters. The number of hydrogen-bond donors (Lipinski definition) is 5. The second kappa shape index (κ2) is 15.8. The number of aromatic amines is 1. The molecule has 6 rings (SSSR count). The van der Waals surface area contributed by atoms with Gasteiger partial charge in [-0.3, -0.25) is 14.4 Å². The van der Waals surface area contributed by atoms with E-state index in [0.717, 1.165) is 60.9 Å². The summed E-state index contributed by atoms with van der Waals surface area (Å²) in [6, 6.07) is 17.7. The van der Waals surface area contributed by atoms with E-state index < -0.39 is 11.9 Å². The molecule has 0 aliphatic heterocycles. The van der Waals surface area contributed by atoms with Gasteiger partial charge in [0.2, 0.25) is 11.7 Å². The number of pyridine rings is 1. The smallest absolute Gasteiger partial charge is 0.270 e. The molecule has 2 saturated carbocycles. The SMILES string of the molecule is Cc1nc(C(=O)NC2CCC(N)CC2)ccc1-c1ccc(C[C@H](N)C(=O)N(C(=O)C2CCC(CN)CC2)c2ccc(-c3nn[nH]n3)cc2)cc1. The van der Waals surface area contributed by atoms with Gasteiger partial charge in [-0.1, -0.05) is 30.3 Å². The number of anilines is 1. The highest BCUT2D eigenvalue weighted by molar-refractivity contribution is 6.17. The van der Waals surface area contributed by atoms with E-state index in [1.54, 1.807) is 30.3 Å². The maximum atomic E-state index is 14.0. The first-order valence-corrected chi connectivity index (χ1v) is 17.5. The second-order valence-electron chi connectivity index (χ2n) is 13.7. The number of nitrogens with one attached hydrogen (secondary N) is 2. The van der Waals surface area contributed by atoms with Crippen LogP contribution in [-0.2, 0) is 16.0 Å². The summed E-state index contributed by atoms with van der Waals surface area (Å²) in [5.41, 5.74) is 23.4. The molecule has 4 aromatic rings. The van der Waals surface area contributed by atoms with Gasteiger partial charge in [0.05, 0.1) is 11.7 Å². The number of rotatable bonds is 10. The predicted octanol–water partition coefficient (Wildman–Crippen LogP) is 3.43. The zero-order valence-electron chi connectivity index (χ0n) is 28.4. The van der Waals surface area contributed by atoms with Gasteiger partial charge >= 0.3 is 0 Å². The van der Waals surface area contributed by atoms with Crippen LogP contribution >= 0.6 is 0 Å². The Hall–Kier alpha value is -4.85. The number of nitrogens with two attached hydrogens (primary N) is 3. The molecule has 8 N–H and O–H groups in total. The molecule has 2 aliphatic rings. The first-order valence-electron chi connectivity index (χ1n) is 17.5. The number of carbonyl (C=O) groups is 3. The Morgan fingerprint density at radius 3 is 2.20 bits per heavy atom. The minimum absolute atomic E-state index is 0.125. The first-order chi connectivity index (χ1) is 24.2. The largest absolute Gasteiger partial charge is 0.348 e. The molecule has 1 atom stereocenters. The van der Waals surface area contributed by atoms with Crippen molar-refractivity contribution in [3.8, 4) is 22.5 Å². The van der Waals surface area contributed by atoms with Crippen LogP contribution in [0.1, 0.15) is 73.1 Å². The van der Waals surface area contributed by atoms with Gasteiger partial charge in [0.1, 0.15) is 5.69 Å². The predicted molar refractivity (Wildman–Crippen MR) is 190 cm³/mol. The standard InChI is InChI=1S/C37H46N10O3/c1-22-31(18-19-33(41-22)35(48)42-29-14-12-28(39)13-15-29)25-6-2-23(3-7-25)20-32(40)37(50)47(36(49)27-8-4-24(21-38)5-9-27)30-16-10-26(11-17-30)34-43-45-46-44-34/h2-3,6-7,10-11,16-19,24,27-29,32H,4-5,8-9,12-15,20-21,38-40H2,1H3,(H,42,48)(H,43,44,45,46)/t24?,27?,28?,29?,32-/m0/s1. The zero-order valence-corrected chi connectivity index (χ0v) is 28.4. The summed E-state index contributed by atoms with van der Waals surface area (Å²) in [6.07, 6.45) is 6.89. The molecule has 2 aromatic heterocycles. The van der Waals surface area contributed by atoms with Crippen molar-refractivity contribution >= 4 is 23.4 Å². The highest BCUT2D eigenvalue weighted by Crippen LogP contribution is 2.32. The molecule has 2 aliphatic carbocycles. The summed E-state index contributed by atoms with van der Waals surface area (Å²) in [7, 11) is 0. The molecule has 0 radical (unpaired) electrons. The molecule has 0 bridgehead atoms. The highest BCUT2D eigenvalue weighted by Gasteiger charge is 2.35. The van der Waals surface area contributed by atoms with Crippen molar-refractivity contribution in [1.82, 2.24) is 30.9 Å². The molecule has 50 heavy (non-hydrogen) atoms. The van der Waals surface area contributed by atoms with Crippen molar-refractivity contribution < 1.29 is 14.4 Å². The quantitative estimate of drug-likeness (QED) is 0.165. The van der Waals surface area contributed by atoms with Crippen LogP contribution in [0.25, 0.3) is 22.5 Å². The Balaban J connectivity index is 1.14. The summed E-state index contributed by atoms with van der Waals surface area (Å²) >= 11 is 0. The van der Waals surface area contributed by atoms with E-state index >= 15 is 0 Å². The Kier molecular flexibility index (Phi) is 11.1. The summed E-state index contributed by atoms with van der Waals surface area (Å²) < 4.78 is 0. The lowest BCUT2D eigenvalue weighted by Gasteiger charge is -2.32. The number of imide groups is 1. The molecule has 0 saturated heterocycles.